The number of nitrogens with one attached hydrogen (secondary N) is 2. The average Bonchev–Trinajstić information content (AvgIpc) is 3.29. The third kappa shape index (κ3) is 4.80. The van der Waals surface area contributed by atoms with Crippen molar-refractivity contribution < 1.29 is 0 Å². The molecule has 2 aromatic heterocycles. The lowest BCUT2D eigenvalue weighted by molar-refractivity contribution is 0.192. The highest BCUT2D eigenvalue weighted by Crippen LogP contribution is 2.24. The molecule has 0 aromatic carbocycles. The van der Waals surface area contributed by atoms with E-state index in [1.54, 1.807) is 16.2 Å². The van der Waals surface area contributed by atoms with Gasteiger partial charge in [0.25, 0.3) is 0 Å². The van der Waals surface area contributed by atoms with Crippen LogP contribution in [0.2, 0.25) is 0 Å². The van der Waals surface area contributed by atoms with Crippen LogP contribution in [0.1, 0.15) is 34.2 Å². The first kappa shape index (κ1) is 18.4. The van der Waals surface area contributed by atoms with Crippen LogP contribution in [0.25, 0.3) is 0 Å². The number of hydrogen-bond donors (Lipinski definition) is 2. The van der Waals surface area contributed by atoms with E-state index in [1.807, 2.05) is 24.6 Å². The summed E-state index contributed by atoms with van der Waals surface area (Å²) >= 11 is 3.66. The Morgan fingerprint density at radius 3 is 3.08 bits per heavy atom. The number of hydrogen-bond acceptors (Lipinski definition) is 5. The Kier molecular flexibility index (Phi) is 6.45. The van der Waals surface area contributed by atoms with E-state index in [-0.39, 0.29) is 0 Å². The summed E-state index contributed by atoms with van der Waals surface area (Å²) in [5, 5.41) is 10.1. The van der Waals surface area contributed by atoms with Gasteiger partial charge in [-0.25, -0.2) is 4.98 Å². The first-order valence-corrected chi connectivity index (χ1v) is 10.6. The molecule has 7 heteroatoms. The Morgan fingerprint density at radius 2 is 2.32 bits per heavy atom. The molecule has 0 spiro atoms. The van der Waals surface area contributed by atoms with Gasteiger partial charge in [0.2, 0.25) is 0 Å². The van der Waals surface area contributed by atoms with Crippen LogP contribution < -0.4 is 10.6 Å². The number of rotatable bonds is 6. The molecule has 0 saturated carbocycles. The molecular formula is C18H27N5S2. The van der Waals surface area contributed by atoms with Crippen LogP contribution in [0.3, 0.4) is 0 Å². The molecule has 0 fully saturated rings. The van der Waals surface area contributed by atoms with Crippen molar-refractivity contribution in [1.29, 1.82) is 0 Å². The predicted octanol–water partition coefficient (Wildman–Crippen LogP) is 2.88. The van der Waals surface area contributed by atoms with Gasteiger partial charge in [-0.2, -0.15) is 0 Å². The molecule has 0 saturated heterocycles. The molecule has 1 atom stereocenters. The van der Waals surface area contributed by atoms with Crippen molar-refractivity contribution in [2.24, 2.45) is 4.99 Å². The van der Waals surface area contributed by atoms with Gasteiger partial charge >= 0.3 is 0 Å². The van der Waals surface area contributed by atoms with Gasteiger partial charge in [0.15, 0.2) is 5.96 Å². The van der Waals surface area contributed by atoms with Crippen molar-refractivity contribution in [3.63, 3.8) is 0 Å². The van der Waals surface area contributed by atoms with Gasteiger partial charge in [0.05, 0.1) is 6.54 Å². The number of thiophene rings is 1. The Labute approximate surface area is 158 Å². The lowest BCUT2D eigenvalue weighted by atomic mass is 10.1. The summed E-state index contributed by atoms with van der Waals surface area (Å²) in [5.41, 5.74) is 1.50. The minimum atomic E-state index is 0.471. The SMILES string of the molecule is CCc1cnc(CNC(=NC)NCC(C)N2CCc3sccc3C2)s1. The molecule has 25 heavy (non-hydrogen) atoms. The second-order valence-corrected chi connectivity index (χ2v) is 8.52. The lowest BCUT2D eigenvalue weighted by Gasteiger charge is -2.32. The number of fused-ring (bicyclic) bond motifs is 1. The van der Waals surface area contributed by atoms with Crippen molar-refractivity contribution in [2.45, 2.75) is 45.8 Å². The standard InChI is InChI=1S/C18H27N5S2/c1-4-15-10-20-17(25-15)11-22-18(19-3)21-9-13(2)23-7-5-16-14(12-23)6-8-24-16/h6,8,10,13H,4-5,7,9,11-12H2,1-3H3,(H2,19,21,22). The quantitative estimate of drug-likeness (QED) is 0.600. The van der Waals surface area contributed by atoms with Crippen molar-refractivity contribution in [1.82, 2.24) is 20.5 Å². The van der Waals surface area contributed by atoms with E-state index in [0.717, 1.165) is 43.6 Å². The van der Waals surface area contributed by atoms with Gasteiger partial charge in [0, 0.05) is 48.7 Å². The van der Waals surface area contributed by atoms with Crippen LogP contribution in [-0.2, 0) is 25.9 Å². The summed E-state index contributed by atoms with van der Waals surface area (Å²) in [4.78, 5) is 14.2. The minimum Gasteiger partial charge on any atom is -0.355 e. The molecule has 2 aromatic rings. The van der Waals surface area contributed by atoms with Crippen LogP contribution in [0.15, 0.2) is 22.6 Å². The van der Waals surface area contributed by atoms with Crippen LogP contribution in [0.5, 0.6) is 0 Å². The van der Waals surface area contributed by atoms with E-state index in [1.165, 1.54) is 16.9 Å². The average molecular weight is 378 g/mol. The maximum atomic E-state index is 4.44. The van der Waals surface area contributed by atoms with Crippen LogP contribution in [0.4, 0.5) is 0 Å². The summed E-state index contributed by atoms with van der Waals surface area (Å²) in [6, 6.07) is 2.74. The highest BCUT2D eigenvalue weighted by Gasteiger charge is 2.21. The molecule has 2 N–H and O–H groups in total. The third-order valence-corrected chi connectivity index (χ3v) is 6.77. The summed E-state index contributed by atoms with van der Waals surface area (Å²) in [6.07, 6.45) is 4.19. The Balaban J connectivity index is 1.44. The van der Waals surface area contributed by atoms with E-state index >= 15 is 0 Å². The van der Waals surface area contributed by atoms with Gasteiger partial charge in [-0.1, -0.05) is 6.92 Å². The number of aliphatic imine (C=N–C) groups is 1. The summed E-state index contributed by atoms with van der Waals surface area (Å²) in [6.45, 7) is 8.25. The number of nitrogens with zero attached hydrogens (tertiary/aromatic N) is 3. The maximum Gasteiger partial charge on any atom is 0.191 e. The molecule has 3 heterocycles. The molecular weight excluding hydrogens is 350 g/mol. The lowest BCUT2D eigenvalue weighted by Crippen LogP contribution is -2.47. The second kappa shape index (κ2) is 8.78. The highest BCUT2D eigenvalue weighted by atomic mass is 32.1. The number of aryl methyl sites for hydroxylation is 1. The zero-order valence-corrected chi connectivity index (χ0v) is 16.8. The topological polar surface area (TPSA) is 52.6 Å². The number of guanidine groups is 1. The third-order valence-electron chi connectivity index (χ3n) is 4.61. The molecule has 0 amide bonds. The van der Waals surface area contributed by atoms with Crippen LogP contribution in [-0.4, -0.2) is 42.0 Å². The van der Waals surface area contributed by atoms with Crippen LogP contribution >= 0.6 is 22.7 Å². The molecule has 0 bridgehead atoms. The van der Waals surface area contributed by atoms with Crippen molar-refractivity contribution in [3.8, 4) is 0 Å². The minimum absolute atomic E-state index is 0.471. The smallest absolute Gasteiger partial charge is 0.191 e. The maximum absolute atomic E-state index is 4.44. The van der Waals surface area contributed by atoms with Gasteiger partial charge in [0.1, 0.15) is 5.01 Å². The number of thiazole rings is 1. The zero-order valence-electron chi connectivity index (χ0n) is 15.2. The highest BCUT2D eigenvalue weighted by molar-refractivity contribution is 7.11. The summed E-state index contributed by atoms with van der Waals surface area (Å²) < 4.78 is 0. The monoisotopic (exact) mass is 377 g/mol. The first-order valence-electron chi connectivity index (χ1n) is 8.87. The summed E-state index contributed by atoms with van der Waals surface area (Å²) in [5.74, 6) is 0.841. The van der Waals surface area contributed by atoms with Crippen molar-refractivity contribution >= 4 is 28.6 Å². The summed E-state index contributed by atoms with van der Waals surface area (Å²) in [7, 11) is 1.82. The van der Waals surface area contributed by atoms with Crippen molar-refractivity contribution in [3.05, 3.63) is 38.0 Å². The van der Waals surface area contributed by atoms with Crippen LogP contribution in [0, 0.1) is 0 Å². The molecule has 1 unspecified atom stereocenters. The van der Waals surface area contributed by atoms with Gasteiger partial charge in [-0.3, -0.25) is 9.89 Å². The predicted molar refractivity (Wildman–Crippen MR) is 108 cm³/mol. The Morgan fingerprint density at radius 1 is 1.44 bits per heavy atom. The zero-order chi connectivity index (χ0) is 17.6. The molecule has 0 aliphatic carbocycles. The molecule has 136 valence electrons. The van der Waals surface area contributed by atoms with Gasteiger partial charge in [-0.05, 0) is 36.8 Å². The van der Waals surface area contributed by atoms with Gasteiger partial charge < -0.3 is 10.6 Å². The molecule has 0 radical (unpaired) electrons. The van der Waals surface area contributed by atoms with E-state index in [2.05, 4.69) is 50.8 Å². The fourth-order valence-corrected chi connectivity index (χ4v) is 4.68. The Bertz CT molecular complexity index is 706. The second-order valence-electron chi connectivity index (χ2n) is 6.32. The first-order chi connectivity index (χ1) is 12.2. The van der Waals surface area contributed by atoms with Gasteiger partial charge in [-0.15, -0.1) is 22.7 Å². The van der Waals surface area contributed by atoms with E-state index in [4.69, 9.17) is 0 Å². The molecule has 1 aliphatic heterocycles. The fourth-order valence-electron chi connectivity index (χ4n) is 2.99. The largest absolute Gasteiger partial charge is 0.355 e. The van der Waals surface area contributed by atoms with Crippen molar-refractivity contribution in [2.75, 3.05) is 20.1 Å². The number of aromatic nitrogens is 1. The fraction of sp³-hybridized carbons (Fsp3) is 0.556. The molecule has 1 aliphatic rings. The van der Waals surface area contributed by atoms with E-state index in [0.29, 0.717) is 6.04 Å². The molecule has 3 rings (SSSR count). The molecule has 5 nitrogen and oxygen atoms in total. The normalized spacial score (nSPS) is 16.5. The Hall–Kier alpha value is -1.44. The van der Waals surface area contributed by atoms with E-state index < -0.39 is 0 Å². The van der Waals surface area contributed by atoms with E-state index in [9.17, 15) is 0 Å².